The van der Waals surface area contributed by atoms with E-state index < -0.39 is 0 Å². The minimum absolute atomic E-state index is 0.152. The van der Waals surface area contributed by atoms with Crippen LogP contribution in [0.5, 0.6) is 17.2 Å². The first-order valence-corrected chi connectivity index (χ1v) is 8.76. The second kappa shape index (κ2) is 7.38. The number of rotatable bonds is 5. The van der Waals surface area contributed by atoms with Gasteiger partial charge in [0.25, 0.3) is 0 Å². The van der Waals surface area contributed by atoms with Crippen LogP contribution in [-0.4, -0.2) is 6.61 Å². The minimum Gasteiger partial charge on any atom is -0.494 e. The van der Waals surface area contributed by atoms with Gasteiger partial charge in [-0.15, -0.1) is 0 Å². The highest BCUT2D eigenvalue weighted by Gasteiger charge is 2.10. The van der Waals surface area contributed by atoms with Gasteiger partial charge < -0.3 is 13.9 Å². The van der Waals surface area contributed by atoms with Crippen LogP contribution in [0.15, 0.2) is 88.3 Å². The quantitative estimate of drug-likeness (QED) is 0.462. The van der Waals surface area contributed by atoms with Gasteiger partial charge in [-0.25, -0.2) is 0 Å². The van der Waals surface area contributed by atoms with Crippen molar-refractivity contribution in [3.05, 3.63) is 89.3 Å². The van der Waals surface area contributed by atoms with E-state index in [1.54, 1.807) is 18.2 Å². The zero-order valence-corrected chi connectivity index (χ0v) is 14.8. The highest BCUT2D eigenvalue weighted by Crippen LogP contribution is 2.26. The van der Waals surface area contributed by atoms with Crippen molar-refractivity contribution in [2.24, 2.45) is 0 Å². The van der Waals surface area contributed by atoms with E-state index in [0.717, 1.165) is 11.1 Å². The van der Waals surface area contributed by atoms with E-state index in [-0.39, 0.29) is 11.2 Å². The molecular weight excluding hydrogens is 340 g/mol. The molecule has 0 saturated carbocycles. The summed E-state index contributed by atoms with van der Waals surface area (Å²) in [5, 5.41) is 0.455. The van der Waals surface area contributed by atoms with Gasteiger partial charge in [-0.2, -0.15) is 0 Å². The van der Waals surface area contributed by atoms with Crippen LogP contribution in [0.25, 0.3) is 22.1 Å². The number of hydrogen-bond acceptors (Lipinski definition) is 4. The lowest BCUT2D eigenvalue weighted by Gasteiger charge is -2.08. The average molecular weight is 358 g/mol. The van der Waals surface area contributed by atoms with Crippen LogP contribution < -0.4 is 14.9 Å². The summed E-state index contributed by atoms with van der Waals surface area (Å²) in [4.78, 5) is 12.7. The third-order valence-corrected chi connectivity index (χ3v) is 4.21. The molecule has 1 heterocycles. The molecule has 0 unspecified atom stereocenters. The fourth-order valence-corrected chi connectivity index (χ4v) is 2.89. The van der Waals surface area contributed by atoms with Crippen molar-refractivity contribution < 1.29 is 13.9 Å². The van der Waals surface area contributed by atoms with Crippen molar-refractivity contribution in [1.29, 1.82) is 0 Å². The van der Waals surface area contributed by atoms with Crippen molar-refractivity contribution in [3.63, 3.8) is 0 Å². The molecule has 0 aliphatic rings. The normalized spacial score (nSPS) is 10.7. The third-order valence-electron chi connectivity index (χ3n) is 4.21. The predicted molar refractivity (Wildman–Crippen MR) is 106 cm³/mol. The molecule has 0 amide bonds. The van der Waals surface area contributed by atoms with Crippen molar-refractivity contribution in [3.8, 4) is 28.4 Å². The highest BCUT2D eigenvalue weighted by atomic mass is 16.5. The summed E-state index contributed by atoms with van der Waals surface area (Å²) in [6.07, 6.45) is 1.34. The van der Waals surface area contributed by atoms with Crippen LogP contribution in [0.3, 0.4) is 0 Å². The lowest BCUT2D eigenvalue weighted by Crippen LogP contribution is -2.05. The first-order valence-electron chi connectivity index (χ1n) is 8.76. The Balaban J connectivity index is 1.60. The number of benzene rings is 3. The Morgan fingerprint density at radius 3 is 2.30 bits per heavy atom. The molecule has 4 rings (SSSR count). The summed E-state index contributed by atoms with van der Waals surface area (Å²) in [5.41, 5.74) is 2.46. The molecular formula is C23H18O4. The van der Waals surface area contributed by atoms with E-state index in [1.165, 1.54) is 6.26 Å². The van der Waals surface area contributed by atoms with Gasteiger partial charge >= 0.3 is 0 Å². The Morgan fingerprint density at radius 1 is 0.852 bits per heavy atom. The van der Waals surface area contributed by atoms with Crippen molar-refractivity contribution in [2.45, 2.75) is 6.92 Å². The summed E-state index contributed by atoms with van der Waals surface area (Å²) in [5.74, 6) is 1.39. The largest absolute Gasteiger partial charge is 0.494 e. The zero-order chi connectivity index (χ0) is 18.6. The van der Waals surface area contributed by atoms with Gasteiger partial charge in [0, 0.05) is 6.07 Å². The highest BCUT2D eigenvalue weighted by molar-refractivity contribution is 5.79. The molecule has 27 heavy (non-hydrogen) atoms. The lowest BCUT2D eigenvalue weighted by molar-refractivity contribution is 0.340. The van der Waals surface area contributed by atoms with Crippen LogP contribution >= 0.6 is 0 Å². The molecule has 0 saturated heterocycles. The SMILES string of the molecule is CCOc1ccc2c(=O)c(Oc3ccc(-c4ccccc4)cc3)coc2c1. The molecule has 0 bridgehead atoms. The van der Waals surface area contributed by atoms with E-state index in [1.807, 2.05) is 61.5 Å². The summed E-state index contributed by atoms with van der Waals surface area (Å²) >= 11 is 0. The zero-order valence-electron chi connectivity index (χ0n) is 14.8. The van der Waals surface area contributed by atoms with E-state index in [2.05, 4.69) is 0 Å². The molecule has 3 aromatic carbocycles. The van der Waals surface area contributed by atoms with Gasteiger partial charge in [-0.3, -0.25) is 4.79 Å². The second-order valence-corrected chi connectivity index (χ2v) is 6.01. The van der Waals surface area contributed by atoms with Crippen LogP contribution in [-0.2, 0) is 0 Å². The molecule has 1 aromatic heterocycles. The van der Waals surface area contributed by atoms with Crippen LogP contribution in [0.2, 0.25) is 0 Å². The van der Waals surface area contributed by atoms with Crippen LogP contribution in [0.1, 0.15) is 6.92 Å². The molecule has 0 fully saturated rings. The van der Waals surface area contributed by atoms with Crippen molar-refractivity contribution >= 4 is 11.0 Å². The third kappa shape index (κ3) is 3.55. The molecule has 134 valence electrons. The van der Waals surface area contributed by atoms with Gasteiger partial charge in [0.2, 0.25) is 11.2 Å². The predicted octanol–water partition coefficient (Wildman–Crippen LogP) is 5.65. The smallest absolute Gasteiger partial charge is 0.235 e. The first kappa shape index (κ1) is 16.9. The Hall–Kier alpha value is -3.53. The van der Waals surface area contributed by atoms with Gasteiger partial charge in [0.15, 0.2) is 0 Å². The monoisotopic (exact) mass is 358 g/mol. The van der Waals surface area contributed by atoms with Crippen LogP contribution in [0, 0.1) is 0 Å². The van der Waals surface area contributed by atoms with Gasteiger partial charge in [-0.05, 0) is 42.3 Å². The molecule has 4 aromatic rings. The summed E-state index contributed by atoms with van der Waals surface area (Å²) in [6.45, 7) is 2.45. The fraction of sp³-hybridized carbons (Fsp3) is 0.0870. The molecule has 0 N–H and O–H groups in total. The van der Waals surface area contributed by atoms with E-state index >= 15 is 0 Å². The van der Waals surface area contributed by atoms with Crippen molar-refractivity contribution in [2.75, 3.05) is 6.61 Å². The van der Waals surface area contributed by atoms with Gasteiger partial charge in [-0.1, -0.05) is 42.5 Å². The molecule has 4 heteroatoms. The van der Waals surface area contributed by atoms with E-state index in [4.69, 9.17) is 13.9 Å². The fourth-order valence-electron chi connectivity index (χ4n) is 2.89. The molecule has 0 spiro atoms. The number of ether oxygens (including phenoxy) is 2. The van der Waals surface area contributed by atoms with Crippen molar-refractivity contribution in [1.82, 2.24) is 0 Å². The molecule has 0 aliphatic heterocycles. The Morgan fingerprint density at radius 2 is 1.56 bits per heavy atom. The number of fused-ring (bicyclic) bond motifs is 1. The molecule has 0 aliphatic carbocycles. The second-order valence-electron chi connectivity index (χ2n) is 6.01. The maximum atomic E-state index is 12.7. The van der Waals surface area contributed by atoms with Crippen LogP contribution in [0.4, 0.5) is 0 Å². The Bertz CT molecular complexity index is 1110. The Kier molecular flexibility index (Phi) is 4.62. The standard InChI is InChI=1S/C23H18O4/c1-2-25-19-12-13-20-21(14-19)26-15-22(23(20)24)27-18-10-8-17(9-11-18)16-6-4-3-5-7-16/h3-15H,2H2,1H3. The average Bonchev–Trinajstić information content (AvgIpc) is 2.72. The Labute approximate surface area is 156 Å². The molecule has 0 radical (unpaired) electrons. The topological polar surface area (TPSA) is 48.7 Å². The summed E-state index contributed by atoms with van der Waals surface area (Å²) in [7, 11) is 0. The maximum absolute atomic E-state index is 12.7. The van der Waals surface area contributed by atoms with E-state index in [9.17, 15) is 4.79 Å². The van der Waals surface area contributed by atoms with E-state index in [0.29, 0.717) is 29.1 Å². The summed E-state index contributed by atoms with van der Waals surface area (Å²) in [6, 6.07) is 22.8. The number of hydrogen-bond donors (Lipinski definition) is 0. The minimum atomic E-state index is -0.216. The first-order chi connectivity index (χ1) is 13.2. The lowest BCUT2D eigenvalue weighted by atomic mass is 10.1. The van der Waals surface area contributed by atoms with Gasteiger partial charge in [0.05, 0.1) is 12.0 Å². The van der Waals surface area contributed by atoms with Gasteiger partial charge in [0.1, 0.15) is 23.3 Å². The maximum Gasteiger partial charge on any atom is 0.235 e. The summed E-state index contributed by atoms with van der Waals surface area (Å²) < 4.78 is 16.8. The molecule has 0 atom stereocenters. The molecule has 4 nitrogen and oxygen atoms in total.